The average Bonchev–Trinajstić information content (AvgIpc) is 2.83. The molecule has 0 amide bonds. The first-order valence-corrected chi connectivity index (χ1v) is 9.42. The molecule has 0 saturated carbocycles. The molecule has 0 aliphatic carbocycles. The van der Waals surface area contributed by atoms with Gasteiger partial charge in [-0.3, -0.25) is 14.9 Å². The summed E-state index contributed by atoms with van der Waals surface area (Å²) in [6.07, 6.45) is 3.03. The Bertz CT molecular complexity index is 1180. The number of methoxy groups -OCH3 is 2. The second-order valence-electron chi connectivity index (χ2n) is 6.53. The molecule has 32 heavy (non-hydrogen) atoms. The van der Waals surface area contributed by atoms with Gasteiger partial charge in [-0.15, -0.1) is 0 Å². The van der Waals surface area contributed by atoms with Gasteiger partial charge in [0.25, 0.3) is 5.69 Å². The molecule has 0 aromatic heterocycles. The van der Waals surface area contributed by atoms with E-state index in [0.29, 0.717) is 16.9 Å². The number of non-ortho nitro benzene ring substituents is 1. The van der Waals surface area contributed by atoms with Crippen molar-refractivity contribution >= 4 is 23.5 Å². The summed E-state index contributed by atoms with van der Waals surface area (Å²) in [5.74, 6) is 0.119. The molecule has 0 aliphatic heterocycles. The maximum absolute atomic E-state index is 12.4. The minimum absolute atomic E-state index is 0.0373. The van der Waals surface area contributed by atoms with Gasteiger partial charge < -0.3 is 14.2 Å². The van der Waals surface area contributed by atoms with E-state index in [9.17, 15) is 19.7 Å². The third-order valence-corrected chi connectivity index (χ3v) is 4.48. The highest BCUT2D eigenvalue weighted by Crippen LogP contribution is 2.29. The quantitative estimate of drug-likeness (QED) is 0.126. The number of allylic oxidation sites excluding steroid dienone is 1. The van der Waals surface area contributed by atoms with Crippen LogP contribution in [0.15, 0.2) is 72.8 Å². The van der Waals surface area contributed by atoms with Gasteiger partial charge in [0.1, 0.15) is 5.75 Å². The fourth-order valence-electron chi connectivity index (χ4n) is 2.80. The Morgan fingerprint density at radius 2 is 1.62 bits per heavy atom. The van der Waals surface area contributed by atoms with Gasteiger partial charge in [-0.25, -0.2) is 4.79 Å². The van der Waals surface area contributed by atoms with Gasteiger partial charge in [0.15, 0.2) is 17.3 Å². The van der Waals surface area contributed by atoms with Crippen LogP contribution in [-0.2, 0) is 0 Å². The lowest BCUT2D eigenvalue weighted by atomic mass is 10.1. The fraction of sp³-hybridized carbons (Fsp3) is 0.0833. The molecular formula is C24H19NO7. The van der Waals surface area contributed by atoms with E-state index in [4.69, 9.17) is 14.2 Å². The van der Waals surface area contributed by atoms with Gasteiger partial charge in [-0.1, -0.05) is 18.2 Å². The number of nitrogens with zero attached hydrogens (tertiary/aromatic N) is 1. The lowest BCUT2D eigenvalue weighted by molar-refractivity contribution is -0.384. The Balaban J connectivity index is 1.74. The first kappa shape index (κ1) is 22.2. The highest BCUT2D eigenvalue weighted by atomic mass is 16.6. The lowest BCUT2D eigenvalue weighted by Crippen LogP contribution is -2.09. The van der Waals surface area contributed by atoms with Crippen LogP contribution < -0.4 is 14.2 Å². The zero-order valence-corrected chi connectivity index (χ0v) is 17.3. The maximum Gasteiger partial charge on any atom is 0.343 e. The van der Waals surface area contributed by atoms with Crippen molar-refractivity contribution in [2.75, 3.05) is 14.2 Å². The monoisotopic (exact) mass is 433 g/mol. The summed E-state index contributed by atoms with van der Waals surface area (Å²) in [4.78, 5) is 35.0. The second kappa shape index (κ2) is 10.0. The third-order valence-electron chi connectivity index (χ3n) is 4.48. The van der Waals surface area contributed by atoms with E-state index in [1.807, 2.05) is 0 Å². The number of hydrogen-bond acceptors (Lipinski definition) is 7. The van der Waals surface area contributed by atoms with E-state index in [0.717, 1.165) is 6.07 Å². The predicted octanol–water partition coefficient (Wildman–Crippen LogP) is 4.73. The molecule has 0 fully saturated rings. The van der Waals surface area contributed by atoms with Gasteiger partial charge in [0.2, 0.25) is 0 Å². The number of ketones is 1. The smallest absolute Gasteiger partial charge is 0.343 e. The van der Waals surface area contributed by atoms with Crippen LogP contribution in [0.3, 0.4) is 0 Å². The first-order chi connectivity index (χ1) is 15.4. The minimum atomic E-state index is -0.759. The van der Waals surface area contributed by atoms with Crippen molar-refractivity contribution in [3.63, 3.8) is 0 Å². The van der Waals surface area contributed by atoms with Crippen molar-refractivity contribution in [1.82, 2.24) is 0 Å². The molecule has 0 bridgehead atoms. The Morgan fingerprint density at radius 1 is 0.875 bits per heavy atom. The molecule has 8 heteroatoms. The molecule has 0 saturated heterocycles. The van der Waals surface area contributed by atoms with Crippen molar-refractivity contribution < 1.29 is 28.7 Å². The Kier molecular flexibility index (Phi) is 6.97. The minimum Gasteiger partial charge on any atom is -0.497 e. The molecule has 0 N–H and O–H groups in total. The topological polar surface area (TPSA) is 105 Å². The van der Waals surface area contributed by atoms with Gasteiger partial charge in [-0.05, 0) is 54.1 Å². The summed E-state index contributed by atoms with van der Waals surface area (Å²) in [5.41, 5.74) is 0.985. The Morgan fingerprint density at radius 3 is 2.28 bits per heavy atom. The standard InChI is InChI=1S/C24H19NO7/c1-30-20-10-8-17(9-11-20)21(26)12-6-16-7-13-22(23(14-16)31-2)32-24(27)18-4-3-5-19(15-18)25(28)29/h3-15H,1-2H3/b12-6+. The van der Waals surface area contributed by atoms with Crippen molar-refractivity contribution in [1.29, 1.82) is 0 Å². The number of esters is 1. The highest BCUT2D eigenvalue weighted by molar-refractivity contribution is 6.06. The van der Waals surface area contributed by atoms with Gasteiger partial charge in [0, 0.05) is 17.7 Å². The van der Waals surface area contributed by atoms with Crippen molar-refractivity contribution in [2.24, 2.45) is 0 Å². The summed E-state index contributed by atoms with van der Waals surface area (Å²) in [6.45, 7) is 0. The number of nitro benzene ring substituents is 1. The third kappa shape index (κ3) is 5.37. The summed E-state index contributed by atoms with van der Waals surface area (Å²) in [6, 6.07) is 16.8. The average molecular weight is 433 g/mol. The van der Waals surface area contributed by atoms with Crippen molar-refractivity contribution in [3.8, 4) is 17.2 Å². The summed E-state index contributed by atoms with van der Waals surface area (Å²) < 4.78 is 15.7. The number of benzene rings is 3. The van der Waals surface area contributed by atoms with Crippen LogP contribution in [0.2, 0.25) is 0 Å². The molecule has 0 radical (unpaired) electrons. The van der Waals surface area contributed by atoms with E-state index >= 15 is 0 Å². The number of rotatable bonds is 8. The molecule has 0 spiro atoms. The number of nitro groups is 1. The second-order valence-corrected chi connectivity index (χ2v) is 6.53. The number of ether oxygens (including phenoxy) is 3. The van der Waals surface area contributed by atoms with Crippen LogP contribution in [0.1, 0.15) is 26.3 Å². The molecular weight excluding hydrogens is 414 g/mol. The van der Waals surface area contributed by atoms with Crippen LogP contribution in [0.25, 0.3) is 6.08 Å². The largest absolute Gasteiger partial charge is 0.497 e. The number of carbonyl (C=O) groups excluding carboxylic acids is 2. The zero-order chi connectivity index (χ0) is 23.1. The van der Waals surface area contributed by atoms with E-state index in [1.165, 1.54) is 37.5 Å². The van der Waals surface area contributed by atoms with Crippen LogP contribution in [0.5, 0.6) is 17.2 Å². The van der Waals surface area contributed by atoms with Gasteiger partial charge in [-0.2, -0.15) is 0 Å². The highest BCUT2D eigenvalue weighted by Gasteiger charge is 2.16. The lowest BCUT2D eigenvalue weighted by Gasteiger charge is -2.10. The molecule has 3 aromatic rings. The zero-order valence-electron chi connectivity index (χ0n) is 17.3. The van der Waals surface area contributed by atoms with Crippen LogP contribution in [0, 0.1) is 10.1 Å². The predicted molar refractivity (Wildman–Crippen MR) is 117 cm³/mol. The fourth-order valence-corrected chi connectivity index (χ4v) is 2.80. The summed E-state index contributed by atoms with van der Waals surface area (Å²) in [5, 5.41) is 10.9. The Hall–Kier alpha value is -4.46. The normalized spacial score (nSPS) is 10.6. The Labute approximate surface area is 183 Å². The van der Waals surface area contributed by atoms with Crippen LogP contribution >= 0.6 is 0 Å². The van der Waals surface area contributed by atoms with E-state index in [2.05, 4.69) is 0 Å². The molecule has 3 aromatic carbocycles. The number of hydrogen-bond donors (Lipinski definition) is 0. The first-order valence-electron chi connectivity index (χ1n) is 9.42. The molecule has 0 heterocycles. The van der Waals surface area contributed by atoms with Crippen molar-refractivity contribution in [3.05, 3.63) is 99.6 Å². The maximum atomic E-state index is 12.4. The van der Waals surface area contributed by atoms with Crippen LogP contribution in [0.4, 0.5) is 5.69 Å². The molecule has 162 valence electrons. The summed E-state index contributed by atoms with van der Waals surface area (Å²) >= 11 is 0. The van der Waals surface area contributed by atoms with E-state index in [1.54, 1.807) is 49.6 Å². The molecule has 8 nitrogen and oxygen atoms in total. The van der Waals surface area contributed by atoms with Crippen molar-refractivity contribution in [2.45, 2.75) is 0 Å². The van der Waals surface area contributed by atoms with E-state index in [-0.39, 0.29) is 28.5 Å². The van der Waals surface area contributed by atoms with Gasteiger partial charge >= 0.3 is 5.97 Å². The number of carbonyl (C=O) groups is 2. The molecule has 3 rings (SSSR count). The van der Waals surface area contributed by atoms with Gasteiger partial charge in [0.05, 0.1) is 24.7 Å². The molecule has 0 atom stereocenters. The molecule has 0 aliphatic rings. The van der Waals surface area contributed by atoms with Crippen LogP contribution in [-0.4, -0.2) is 30.9 Å². The SMILES string of the molecule is COc1ccc(C(=O)/C=C/c2ccc(OC(=O)c3cccc([N+](=O)[O-])c3)c(OC)c2)cc1. The molecule has 0 unspecified atom stereocenters. The summed E-state index contributed by atoms with van der Waals surface area (Å²) in [7, 11) is 2.96. The van der Waals surface area contributed by atoms with E-state index < -0.39 is 10.9 Å².